The summed E-state index contributed by atoms with van der Waals surface area (Å²) in [7, 11) is 0. The summed E-state index contributed by atoms with van der Waals surface area (Å²) in [6, 6.07) is 15.1. The molecule has 1 saturated carbocycles. The SMILES string of the molecule is O=C(O)OC1CN(Cc2ccc(-c3noc(CCC4(c5ccccc5F)CCCC4)n3)cc2)C1. The topological polar surface area (TPSA) is 88.7 Å². The molecule has 8 heteroatoms. The zero-order chi connectivity index (χ0) is 23.5. The number of carboxylic acid groups (broad SMARTS) is 1. The summed E-state index contributed by atoms with van der Waals surface area (Å²) < 4.78 is 24.8. The molecular formula is C26H28FN3O4. The molecule has 0 radical (unpaired) electrons. The predicted octanol–water partition coefficient (Wildman–Crippen LogP) is 5.20. The standard InChI is InChI=1S/C26H28FN3O4/c27-22-6-2-1-5-21(22)26(12-3-4-13-26)14-11-23-28-24(29-34-23)19-9-7-18(8-10-19)15-30-16-20(17-30)33-25(31)32/h1-2,5-10,20H,3-4,11-17H2,(H,31,32). The van der Waals surface area contributed by atoms with E-state index in [1.165, 1.54) is 0 Å². The van der Waals surface area contributed by atoms with Crippen molar-refractivity contribution in [2.24, 2.45) is 0 Å². The third-order valence-electron chi connectivity index (χ3n) is 7.10. The van der Waals surface area contributed by atoms with Crippen LogP contribution in [0.4, 0.5) is 9.18 Å². The van der Waals surface area contributed by atoms with E-state index >= 15 is 0 Å². The van der Waals surface area contributed by atoms with Gasteiger partial charge in [-0.15, -0.1) is 0 Å². The molecule has 7 nitrogen and oxygen atoms in total. The molecule has 2 aliphatic rings. The van der Waals surface area contributed by atoms with Crippen molar-refractivity contribution >= 4 is 6.16 Å². The van der Waals surface area contributed by atoms with Gasteiger partial charge >= 0.3 is 6.16 Å². The molecule has 2 fully saturated rings. The first-order chi connectivity index (χ1) is 16.5. The third kappa shape index (κ3) is 4.82. The molecule has 0 atom stereocenters. The fourth-order valence-corrected chi connectivity index (χ4v) is 5.30. The van der Waals surface area contributed by atoms with Crippen molar-refractivity contribution in [3.05, 3.63) is 71.4 Å². The van der Waals surface area contributed by atoms with Crippen LogP contribution in [0.2, 0.25) is 0 Å². The fraction of sp³-hybridized carbons (Fsp3) is 0.423. The van der Waals surface area contributed by atoms with E-state index in [9.17, 15) is 9.18 Å². The minimum absolute atomic E-state index is 0.126. The van der Waals surface area contributed by atoms with Crippen LogP contribution >= 0.6 is 0 Å². The van der Waals surface area contributed by atoms with Gasteiger partial charge in [-0.05, 0) is 41.9 Å². The van der Waals surface area contributed by atoms with Crippen LogP contribution < -0.4 is 0 Å². The van der Waals surface area contributed by atoms with Crippen LogP contribution in [0.15, 0.2) is 53.1 Å². The highest BCUT2D eigenvalue weighted by atomic mass is 19.1. The second-order valence-corrected chi connectivity index (χ2v) is 9.38. The Kier molecular flexibility index (Phi) is 6.32. The highest BCUT2D eigenvalue weighted by Crippen LogP contribution is 2.45. The number of benzene rings is 2. The highest BCUT2D eigenvalue weighted by molar-refractivity contribution is 5.57. The van der Waals surface area contributed by atoms with E-state index in [2.05, 4.69) is 15.0 Å². The molecule has 0 amide bonds. The molecule has 1 saturated heterocycles. The molecule has 2 heterocycles. The van der Waals surface area contributed by atoms with Crippen molar-refractivity contribution in [1.29, 1.82) is 0 Å². The molecule has 5 rings (SSSR count). The quantitative estimate of drug-likeness (QED) is 0.458. The number of nitrogens with zero attached hydrogens (tertiary/aromatic N) is 3. The number of aryl methyl sites for hydroxylation is 1. The first-order valence-corrected chi connectivity index (χ1v) is 11.8. The smallest absolute Gasteiger partial charge is 0.450 e. The normalized spacial score (nSPS) is 18.0. The summed E-state index contributed by atoms with van der Waals surface area (Å²) in [6.45, 7) is 1.95. The largest absolute Gasteiger partial charge is 0.506 e. The maximum Gasteiger partial charge on any atom is 0.506 e. The summed E-state index contributed by atoms with van der Waals surface area (Å²) >= 11 is 0. The van der Waals surface area contributed by atoms with E-state index in [1.54, 1.807) is 12.1 Å². The van der Waals surface area contributed by atoms with Crippen molar-refractivity contribution < 1.29 is 23.6 Å². The molecule has 178 valence electrons. The Balaban J connectivity index is 1.19. The molecule has 0 unspecified atom stereocenters. The zero-order valence-electron chi connectivity index (χ0n) is 19.0. The Hall–Kier alpha value is -3.26. The van der Waals surface area contributed by atoms with Crippen molar-refractivity contribution in [2.75, 3.05) is 13.1 Å². The maximum atomic E-state index is 14.6. The molecule has 1 N–H and O–H groups in total. The summed E-state index contributed by atoms with van der Waals surface area (Å²) in [5, 5.41) is 12.8. The van der Waals surface area contributed by atoms with Gasteiger partial charge in [-0.3, -0.25) is 4.90 Å². The summed E-state index contributed by atoms with van der Waals surface area (Å²) in [5.74, 6) is 0.998. The van der Waals surface area contributed by atoms with Crippen LogP contribution in [-0.4, -0.2) is 45.5 Å². The Morgan fingerprint density at radius 3 is 2.59 bits per heavy atom. The number of halogens is 1. The lowest BCUT2D eigenvalue weighted by atomic mass is 9.75. The minimum Gasteiger partial charge on any atom is -0.450 e. The lowest BCUT2D eigenvalue weighted by Gasteiger charge is -2.37. The van der Waals surface area contributed by atoms with Crippen LogP contribution in [0, 0.1) is 5.82 Å². The van der Waals surface area contributed by atoms with E-state index in [-0.39, 0.29) is 17.3 Å². The minimum atomic E-state index is -1.22. The van der Waals surface area contributed by atoms with Crippen LogP contribution in [0.3, 0.4) is 0 Å². The van der Waals surface area contributed by atoms with E-state index in [4.69, 9.17) is 14.4 Å². The highest BCUT2D eigenvalue weighted by Gasteiger charge is 2.37. The third-order valence-corrected chi connectivity index (χ3v) is 7.10. The van der Waals surface area contributed by atoms with Gasteiger partial charge in [-0.2, -0.15) is 4.98 Å². The monoisotopic (exact) mass is 465 g/mol. The fourth-order valence-electron chi connectivity index (χ4n) is 5.30. The van der Waals surface area contributed by atoms with Gasteiger partial charge in [0.25, 0.3) is 0 Å². The molecule has 1 aliphatic carbocycles. The number of carbonyl (C=O) groups is 1. The Morgan fingerprint density at radius 2 is 1.88 bits per heavy atom. The van der Waals surface area contributed by atoms with E-state index < -0.39 is 6.16 Å². The van der Waals surface area contributed by atoms with Crippen molar-refractivity contribution in [3.63, 3.8) is 0 Å². The van der Waals surface area contributed by atoms with Crippen LogP contribution in [0.25, 0.3) is 11.4 Å². The average Bonchev–Trinajstić information content (AvgIpc) is 3.47. The molecule has 34 heavy (non-hydrogen) atoms. The summed E-state index contributed by atoms with van der Waals surface area (Å²) in [6.07, 6.45) is 4.13. The number of likely N-dealkylation sites (tertiary alicyclic amines) is 1. The first-order valence-electron chi connectivity index (χ1n) is 11.8. The Morgan fingerprint density at radius 1 is 1.15 bits per heavy atom. The van der Waals surface area contributed by atoms with Gasteiger partial charge < -0.3 is 14.4 Å². The lowest BCUT2D eigenvalue weighted by molar-refractivity contribution is -0.0363. The van der Waals surface area contributed by atoms with Gasteiger partial charge in [0, 0.05) is 31.6 Å². The van der Waals surface area contributed by atoms with Gasteiger partial charge in [0.15, 0.2) is 0 Å². The van der Waals surface area contributed by atoms with Crippen molar-refractivity contribution in [3.8, 4) is 11.4 Å². The van der Waals surface area contributed by atoms with Gasteiger partial charge in [0.05, 0.1) is 0 Å². The van der Waals surface area contributed by atoms with Crippen molar-refractivity contribution in [2.45, 2.75) is 56.6 Å². The van der Waals surface area contributed by atoms with Crippen LogP contribution in [-0.2, 0) is 23.1 Å². The summed E-state index contributed by atoms with van der Waals surface area (Å²) in [5.41, 5.74) is 2.65. The van der Waals surface area contributed by atoms with Gasteiger partial charge in [-0.1, -0.05) is 60.5 Å². The summed E-state index contributed by atoms with van der Waals surface area (Å²) in [4.78, 5) is 17.3. The molecule has 0 bridgehead atoms. The number of ether oxygens (including phenoxy) is 1. The molecule has 0 spiro atoms. The first kappa shape index (κ1) is 22.5. The maximum absolute atomic E-state index is 14.6. The van der Waals surface area contributed by atoms with E-state index in [1.807, 2.05) is 36.4 Å². The Bertz CT molecular complexity index is 1130. The number of hydrogen-bond acceptors (Lipinski definition) is 6. The predicted molar refractivity (Wildman–Crippen MR) is 123 cm³/mol. The second kappa shape index (κ2) is 9.54. The van der Waals surface area contributed by atoms with E-state index in [0.29, 0.717) is 31.2 Å². The molecule has 1 aliphatic heterocycles. The number of rotatable bonds is 8. The lowest BCUT2D eigenvalue weighted by Crippen LogP contribution is -2.52. The van der Waals surface area contributed by atoms with Crippen LogP contribution in [0.1, 0.15) is 49.1 Å². The van der Waals surface area contributed by atoms with E-state index in [0.717, 1.165) is 55.3 Å². The van der Waals surface area contributed by atoms with Crippen LogP contribution in [0.5, 0.6) is 0 Å². The Labute approximate surface area is 197 Å². The molecule has 2 aromatic carbocycles. The number of aromatic nitrogens is 2. The molecule has 1 aromatic heterocycles. The van der Waals surface area contributed by atoms with Gasteiger partial charge in [0.2, 0.25) is 11.7 Å². The number of hydrogen-bond donors (Lipinski definition) is 1. The van der Waals surface area contributed by atoms with Gasteiger partial charge in [-0.25, -0.2) is 9.18 Å². The van der Waals surface area contributed by atoms with Gasteiger partial charge in [0.1, 0.15) is 11.9 Å². The average molecular weight is 466 g/mol. The zero-order valence-corrected chi connectivity index (χ0v) is 19.0. The molecule has 3 aromatic rings. The molecular weight excluding hydrogens is 437 g/mol. The second-order valence-electron chi connectivity index (χ2n) is 9.38. The van der Waals surface area contributed by atoms with Crippen molar-refractivity contribution in [1.82, 2.24) is 15.0 Å².